The molecular formula is C32H38N4O2S2. The van der Waals surface area contributed by atoms with Crippen LogP contribution in [0.2, 0.25) is 0 Å². The van der Waals surface area contributed by atoms with Crippen LogP contribution in [-0.2, 0) is 12.8 Å². The lowest BCUT2D eigenvalue weighted by molar-refractivity contribution is 0.369. The second-order valence-electron chi connectivity index (χ2n) is 10.4. The lowest BCUT2D eigenvalue weighted by atomic mass is 9.96. The lowest BCUT2D eigenvalue weighted by Crippen LogP contribution is -2.36. The van der Waals surface area contributed by atoms with Crippen molar-refractivity contribution < 1.29 is 9.84 Å². The Morgan fingerprint density at radius 1 is 0.825 bits per heavy atom. The number of benzene rings is 3. The number of phenols is 1. The average Bonchev–Trinajstić information content (AvgIpc) is 3.60. The molecule has 3 N–H and O–H groups in total. The van der Waals surface area contributed by atoms with Crippen LogP contribution in [0.5, 0.6) is 11.5 Å². The predicted octanol–water partition coefficient (Wildman–Crippen LogP) is 7.61. The number of aromatic hydroxyl groups is 1. The number of phenolic OH excluding ortho intramolecular Hbond substituents is 1. The van der Waals surface area contributed by atoms with Crippen LogP contribution < -0.4 is 15.6 Å². The Kier molecular flexibility index (Phi) is 9.95. The van der Waals surface area contributed by atoms with E-state index in [9.17, 15) is 5.11 Å². The number of hydrogen-bond donors (Lipinski definition) is 3. The van der Waals surface area contributed by atoms with Crippen molar-refractivity contribution in [3.05, 3.63) is 95.6 Å². The number of ether oxygens (including phenoxy) is 1. The third-order valence-electron chi connectivity index (χ3n) is 7.33. The summed E-state index contributed by atoms with van der Waals surface area (Å²) in [6.45, 7) is 0. The summed E-state index contributed by atoms with van der Waals surface area (Å²) in [4.78, 5) is 0.213. The Labute approximate surface area is 246 Å². The van der Waals surface area contributed by atoms with Crippen LogP contribution in [0.1, 0.15) is 67.0 Å². The first kappa shape index (κ1) is 28.4. The number of hydrazone groups is 2. The Bertz CT molecular complexity index is 1290. The van der Waals surface area contributed by atoms with Crippen LogP contribution in [0.3, 0.4) is 0 Å². The second-order valence-corrected chi connectivity index (χ2v) is 13.0. The number of hydrogen-bond acceptors (Lipinski definition) is 8. The maximum Gasteiger partial charge on any atom is 0.124 e. The topological polar surface area (TPSA) is 78.2 Å². The number of thioether (sulfide) groups is 2. The molecule has 0 saturated heterocycles. The van der Waals surface area contributed by atoms with Crippen LogP contribution in [0.25, 0.3) is 0 Å². The van der Waals surface area contributed by atoms with E-state index in [1.807, 2.05) is 36.0 Å². The summed E-state index contributed by atoms with van der Waals surface area (Å²) in [7, 11) is 1.61. The Morgan fingerprint density at radius 2 is 1.45 bits per heavy atom. The highest BCUT2D eigenvalue weighted by molar-refractivity contribution is 8.15. The van der Waals surface area contributed by atoms with E-state index in [2.05, 4.69) is 63.5 Å². The van der Waals surface area contributed by atoms with E-state index in [1.54, 1.807) is 31.0 Å². The summed E-state index contributed by atoms with van der Waals surface area (Å²) in [5.41, 5.74) is 9.90. The fourth-order valence-corrected chi connectivity index (χ4v) is 7.56. The zero-order valence-electron chi connectivity index (χ0n) is 23.0. The molecule has 1 aliphatic carbocycles. The van der Waals surface area contributed by atoms with Gasteiger partial charge < -0.3 is 9.84 Å². The number of methoxy groups -OCH3 is 1. The predicted molar refractivity (Wildman–Crippen MR) is 169 cm³/mol. The summed E-state index contributed by atoms with van der Waals surface area (Å²) >= 11 is 3.61. The number of rotatable bonds is 6. The molecule has 1 spiro atoms. The van der Waals surface area contributed by atoms with Gasteiger partial charge in [-0.25, -0.2) is 0 Å². The molecule has 40 heavy (non-hydrogen) atoms. The molecule has 1 unspecified atom stereocenters. The molecule has 210 valence electrons. The Balaban J connectivity index is 0.000000162. The molecule has 0 amide bonds. The van der Waals surface area contributed by atoms with Gasteiger partial charge in [0.05, 0.1) is 17.2 Å². The van der Waals surface area contributed by atoms with Gasteiger partial charge >= 0.3 is 0 Å². The summed E-state index contributed by atoms with van der Waals surface area (Å²) < 4.78 is 5.21. The van der Waals surface area contributed by atoms with Crippen molar-refractivity contribution in [3.63, 3.8) is 0 Å². The van der Waals surface area contributed by atoms with E-state index in [1.165, 1.54) is 61.1 Å². The quantitative estimate of drug-likeness (QED) is 0.281. The van der Waals surface area contributed by atoms with Gasteiger partial charge in [0.25, 0.3) is 0 Å². The van der Waals surface area contributed by atoms with E-state index < -0.39 is 0 Å². The maximum atomic E-state index is 10.0. The largest absolute Gasteiger partial charge is 0.508 e. The van der Waals surface area contributed by atoms with E-state index >= 15 is 0 Å². The molecule has 3 aromatic carbocycles. The first-order valence-corrected chi connectivity index (χ1v) is 15.8. The minimum absolute atomic E-state index is 0.0844. The monoisotopic (exact) mass is 574 g/mol. The van der Waals surface area contributed by atoms with E-state index in [-0.39, 0.29) is 16.0 Å². The Morgan fingerprint density at radius 3 is 2.10 bits per heavy atom. The maximum absolute atomic E-state index is 10.0. The van der Waals surface area contributed by atoms with Gasteiger partial charge in [0.2, 0.25) is 0 Å². The zero-order valence-corrected chi connectivity index (χ0v) is 24.6. The molecule has 2 aliphatic heterocycles. The van der Waals surface area contributed by atoms with E-state index in [0.29, 0.717) is 0 Å². The molecule has 0 aromatic heterocycles. The fraction of sp³-hybridized carbons (Fsp3) is 0.375. The molecule has 1 atom stereocenters. The molecule has 6 rings (SSSR count). The SMILES string of the molecule is COc1ccc(O)c(C2NN=C(Cc3ccccc3)S2)c1.c1ccc(CC2=NNC3(CCCCCCC3)S2)cc1. The second kappa shape index (κ2) is 14.0. The fourth-order valence-electron chi connectivity index (χ4n) is 5.15. The van der Waals surface area contributed by atoms with E-state index in [4.69, 9.17) is 4.74 Å². The van der Waals surface area contributed by atoms with Crippen molar-refractivity contribution in [2.24, 2.45) is 10.2 Å². The van der Waals surface area contributed by atoms with Crippen molar-refractivity contribution in [2.45, 2.75) is 68.0 Å². The van der Waals surface area contributed by atoms with Crippen LogP contribution in [-0.4, -0.2) is 27.2 Å². The molecule has 3 aromatic rings. The van der Waals surface area contributed by atoms with Gasteiger partial charge in [0.15, 0.2) is 0 Å². The van der Waals surface area contributed by atoms with Crippen LogP contribution >= 0.6 is 23.5 Å². The van der Waals surface area contributed by atoms with Crippen molar-refractivity contribution in [3.8, 4) is 11.5 Å². The highest BCUT2D eigenvalue weighted by Gasteiger charge is 2.36. The minimum Gasteiger partial charge on any atom is -0.508 e. The first-order chi connectivity index (χ1) is 19.6. The lowest BCUT2D eigenvalue weighted by Gasteiger charge is -2.29. The van der Waals surface area contributed by atoms with Gasteiger partial charge in [-0.1, -0.05) is 116 Å². The zero-order chi connectivity index (χ0) is 27.6. The summed E-state index contributed by atoms with van der Waals surface area (Å²) in [6.07, 6.45) is 11.2. The molecule has 2 heterocycles. The van der Waals surface area contributed by atoms with Gasteiger partial charge in [-0.2, -0.15) is 10.2 Å². The van der Waals surface area contributed by atoms with Crippen molar-refractivity contribution >= 4 is 33.6 Å². The minimum atomic E-state index is -0.0844. The van der Waals surface area contributed by atoms with E-state index in [0.717, 1.165) is 29.2 Å². The van der Waals surface area contributed by atoms with Gasteiger partial charge in [-0.15, -0.1) is 0 Å². The number of nitrogens with one attached hydrogen (secondary N) is 2. The van der Waals surface area contributed by atoms with Crippen molar-refractivity contribution in [1.29, 1.82) is 0 Å². The van der Waals surface area contributed by atoms with Crippen LogP contribution in [0.4, 0.5) is 0 Å². The van der Waals surface area contributed by atoms with Crippen molar-refractivity contribution in [2.75, 3.05) is 7.11 Å². The third kappa shape index (κ3) is 7.76. The summed E-state index contributed by atoms with van der Waals surface area (Å²) in [5.74, 6) is 0.971. The smallest absolute Gasteiger partial charge is 0.124 e. The number of nitrogens with zero attached hydrogens (tertiary/aromatic N) is 2. The van der Waals surface area contributed by atoms with Gasteiger partial charge in [0, 0.05) is 18.4 Å². The standard InChI is InChI=1S/C16H16N2O2S.C16H22N2S/c1-20-12-7-8-14(19)13(10-12)16-18-17-15(21-16)9-11-5-3-2-4-6-11;1-2-7-11-16(12-8-3-1)18-17-15(19-16)13-14-9-5-4-6-10-14/h2-8,10,16,18-19H,9H2,1H3;4-6,9-10,18H,1-3,7-8,11-13H2. The van der Waals surface area contributed by atoms with Crippen molar-refractivity contribution in [1.82, 2.24) is 10.9 Å². The molecule has 0 radical (unpaired) electrons. The molecular weight excluding hydrogens is 537 g/mol. The van der Waals surface area contributed by atoms with Gasteiger partial charge in [-0.05, 0) is 42.2 Å². The summed E-state index contributed by atoms with van der Waals surface area (Å²) in [6, 6.07) is 26.1. The van der Waals surface area contributed by atoms with Crippen LogP contribution in [0, 0.1) is 0 Å². The van der Waals surface area contributed by atoms with Gasteiger partial charge in [0.1, 0.15) is 21.7 Å². The highest BCUT2D eigenvalue weighted by Crippen LogP contribution is 2.41. The molecule has 1 fully saturated rings. The Hall–Kier alpha value is -3.10. The molecule has 8 heteroatoms. The highest BCUT2D eigenvalue weighted by atomic mass is 32.2. The molecule has 0 bridgehead atoms. The molecule has 3 aliphatic rings. The average molecular weight is 575 g/mol. The van der Waals surface area contributed by atoms with Crippen LogP contribution in [0.15, 0.2) is 89.1 Å². The molecule has 6 nitrogen and oxygen atoms in total. The summed E-state index contributed by atoms with van der Waals surface area (Å²) in [5, 5.41) is 21.2. The third-order valence-corrected chi connectivity index (χ3v) is 9.80. The van der Waals surface area contributed by atoms with Gasteiger partial charge in [-0.3, -0.25) is 10.9 Å². The first-order valence-electron chi connectivity index (χ1n) is 14.1. The normalized spacial score (nSPS) is 19.7. The molecule has 1 saturated carbocycles.